The average Bonchev–Trinajstić information content (AvgIpc) is 3.10. The number of hydrogen-bond donors (Lipinski definition) is 1. The quantitative estimate of drug-likeness (QED) is 0.775. The highest BCUT2D eigenvalue weighted by atomic mass is 35.5. The molecule has 144 valence electrons. The molecule has 2 aromatic rings. The highest BCUT2D eigenvalue weighted by Gasteiger charge is 2.30. The van der Waals surface area contributed by atoms with Gasteiger partial charge in [-0.2, -0.15) is 0 Å². The number of alkyl halides is 2. The molecule has 2 aromatic carbocycles. The molecule has 6 heteroatoms. The predicted molar refractivity (Wildman–Crippen MR) is 104 cm³/mol. The summed E-state index contributed by atoms with van der Waals surface area (Å²) in [5.74, 6) is -0.311. The highest BCUT2D eigenvalue weighted by molar-refractivity contribution is 6.31. The molecule has 0 saturated carbocycles. The van der Waals surface area contributed by atoms with Gasteiger partial charge in [0, 0.05) is 11.6 Å². The number of carbonyl (C=O) groups excluding carboxylic acids is 1. The van der Waals surface area contributed by atoms with Gasteiger partial charge in [-0.3, -0.25) is 9.69 Å². The second-order valence-electron chi connectivity index (χ2n) is 6.93. The molecule has 1 aliphatic rings. The van der Waals surface area contributed by atoms with Crippen molar-refractivity contribution >= 4 is 17.5 Å². The summed E-state index contributed by atoms with van der Waals surface area (Å²) >= 11 is 6.24. The molecule has 3 rings (SSSR count). The van der Waals surface area contributed by atoms with E-state index < -0.39 is 13.0 Å². The van der Waals surface area contributed by atoms with Gasteiger partial charge < -0.3 is 5.32 Å². The predicted octanol–water partition coefficient (Wildman–Crippen LogP) is 4.66. The second kappa shape index (κ2) is 8.81. The van der Waals surface area contributed by atoms with E-state index in [2.05, 4.69) is 16.3 Å². The van der Waals surface area contributed by atoms with Gasteiger partial charge in [-0.15, -0.1) is 0 Å². The highest BCUT2D eigenvalue weighted by Crippen LogP contribution is 2.27. The van der Waals surface area contributed by atoms with Gasteiger partial charge in [-0.1, -0.05) is 41.9 Å². The van der Waals surface area contributed by atoms with E-state index in [0.717, 1.165) is 40.2 Å². The number of benzene rings is 2. The summed E-state index contributed by atoms with van der Waals surface area (Å²) in [6, 6.07) is 13.8. The minimum atomic E-state index is -2.53. The smallest absolute Gasteiger partial charge is 0.255 e. The molecule has 1 saturated heterocycles. The van der Waals surface area contributed by atoms with Crippen molar-refractivity contribution in [3.63, 3.8) is 0 Å². The molecule has 27 heavy (non-hydrogen) atoms. The summed E-state index contributed by atoms with van der Waals surface area (Å²) in [6.07, 6.45) is -0.940. The number of halogens is 3. The Bertz CT molecular complexity index is 813. The molecule has 1 atom stereocenters. The third kappa shape index (κ3) is 5.05. The summed E-state index contributed by atoms with van der Waals surface area (Å²) in [5, 5.41) is 3.07. The second-order valence-corrected chi connectivity index (χ2v) is 7.34. The van der Waals surface area contributed by atoms with E-state index in [1.807, 2.05) is 43.3 Å². The van der Waals surface area contributed by atoms with Crippen LogP contribution in [0.5, 0.6) is 0 Å². The van der Waals surface area contributed by atoms with Gasteiger partial charge in [-0.05, 0) is 60.7 Å². The van der Waals surface area contributed by atoms with Crippen molar-refractivity contribution in [2.45, 2.75) is 38.8 Å². The molecule has 0 spiro atoms. The summed E-state index contributed by atoms with van der Waals surface area (Å²) in [7, 11) is 0. The van der Waals surface area contributed by atoms with Gasteiger partial charge in [0.1, 0.15) is 0 Å². The Kier molecular flexibility index (Phi) is 6.45. The first-order valence-corrected chi connectivity index (χ1v) is 9.47. The number of nitrogens with zero attached hydrogens (tertiary/aromatic N) is 1. The third-order valence-corrected chi connectivity index (χ3v) is 5.32. The van der Waals surface area contributed by atoms with Crippen molar-refractivity contribution in [2.75, 3.05) is 13.1 Å². The fraction of sp³-hybridized carbons (Fsp3) is 0.381. The van der Waals surface area contributed by atoms with Crippen LogP contribution in [0.2, 0.25) is 5.02 Å². The van der Waals surface area contributed by atoms with Crippen LogP contribution in [0.4, 0.5) is 8.78 Å². The van der Waals surface area contributed by atoms with Gasteiger partial charge in [0.15, 0.2) is 0 Å². The van der Waals surface area contributed by atoms with Crippen LogP contribution in [-0.4, -0.2) is 36.4 Å². The molecule has 3 nitrogen and oxygen atoms in total. The van der Waals surface area contributed by atoms with Gasteiger partial charge in [-0.25, -0.2) is 8.78 Å². The molecule has 1 heterocycles. The Morgan fingerprint density at radius 3 is 2.78 bits per heavy atom. The zero-order chi connectivity index (χ0) is 19.4. The lowest BCUT2D eigenvalue weighted by molar-refractivity contribution is -0.126. The van der Waals surface area contributed by atoms with Crippen molar-refractivity contribution in [1.29, 1.82) is 0 Å². The van der Waals surface area contributed by atoms with Crippen molar-refractivity contribution in [3.8, 4) is 11.1 Å². The molecule has 0 radical (unpaired) electrons. The number of carbonyl (C=O) groups is 1. The van der Waals surface area contributed by atoms with E-state index in [4.69, 9.17) is 11.6 Å². The standard InChI is InChI=1S/C21H23ClF2N2O/c1-14-7-8-17(11-18(14)22)16-5-2-4-15(10-16)13-26-9-3-6-19(26)21(27)25-12-20(23)24/h2,4-5,7-8,10-11,19-20H,3,6,9,12-13H2,1H3,(H,25,27). The minimum Gasteiger partial charge on any atom is -0.349 e. The molecular weight excluding hydrogens is 370 g/mol. The Balaban J connectivity index is 1.71. The molecule has 0 aromatic heterocycles. The van der Waals surface area contributed by atoms with Crippen LogP contribution in [-0.2, 0) is 11.3 Å². The van der Waals surface area contributed by atoms with Crippen LogP contribution in [0, 0.1) is 6.92 Å². The van der Waals surface area contributed by atoms with Crippen LogP contribution in [0.25, 0.3) is 11.1 Å². The largest absolute Gasteiger partial charge is 0.349 e. The number of rotatable bonds is 6. The molecule has 0 aliphatic carbocycles. The van der Waals surface area contributed by atoms with E-state index in [1.54, 1.807) is 0 Å². The first-order chi connectivity index (χ1) is 12.9. The maximum absolute atomic E-state index is 12.3. The summed E-state index contributed by atoms with van der Waals surface area (Å²) in [5.41, 5.74) is 4.22. The Morgan fingerprint density at radius 1 is 1.26 bits per heavy atom. The summed E-state index contributed by atoms with van der Waals surface area (Å²) < 4.78 is 24.7. The van der Waals surface area contributed by atoms with Crippen LogP contribution >= 0.6 is 11.6 Å². The Hall–Kier alpha value is -1.98. The molecule has 1 amide bonds. The SMILES string of the molecule is Cc1ccc(-c2cccc(CN3CCCC3C(=O)NCC(F)F)c2)cc1Cl. The lowest BCUT2D eigenvalue weighted by Crippen LogP contribution is -2.44. The zero-order valence-electron chi connectivity index (χ0n) is 15.2. The molecule has 1 N–H and O–H groups in total. The van der Waals surface area contributed by atoms with Crippen molar-refractivity contribution in [2.24, 2.45) is 0 Å². The maximum atomic E-state index is 12.3. The monoisotopic (exact) mass is 392 g/mol. The lowest BCUT2D eigenvalue weighted by atomic mass is 10.0. The normalized spacial score (nSPS) is 17.4. The lowest BCUT2D eigenvalue weighted by Gasteiger charge is -2.24. The first kappa shape index (κ1) is 19.8. The average molecular weight is 393 g/mol. The molecular formula is C21H23ClF2N2O. The van der Waals surface area contributed by atoms with Gasteiger partial charge in [0.2, 0.25) is 5.91 Å². The van der Waals surface area contributed by atoms with Crippen LogP contribution in [0.1, 0.15) is 24.0 Å². The summed E-state index contributed by atoms with van der Waals surface area (Å²) in [6.45, 7) is 2.77. The summed E-state index contributed by atoms with van der Waals surface area (Å²) in [4.78, 5) is 14.3. The van der Waals surface area contributed by atoms with E-state index in [9.17, 15) is 13.6 Å². The van der Waals surface area contributed by atoms with Gasteiger partial charge in [0.05, 0.1) is 12.6 Å². The van der Waals surface area contributed by atoms with E-state index in [1.165, 1.54) is 0 Å². The van der Waals surface area contributed by atoms with Gasteiger partial charge in [0.25, 0.3) is 6.43 Å². The van der Waals surface area contributed by atoms with E-state index in [-0.39, 0.29) is 11.9 Å². The van der Waals surface area contributed by atoms with Gasteiger partial charge >= 0.3 is 0 Å². The Labute approximate surface area is 163 Å². The topological polar surface area (TPSA) is 32.3 Å². The molecule has 1 aliphatic heterocycles. The number of hydrogen-bond acceptors (Lipinski definition) is 2. The van der Waals surface area contributed by atoms with Crippen molar-refractivity contribution in [1.82, 2.24) is 10.2 Å². The Morgan fingerprint density at radius 2 is 2.04 bits per heavy atom. The maximum Gasteiger partial charge on any atom is 0.255 e. The number of likely N-dealkylation sites (tertiary alicyclic amines) is 1. The first-order valence-electron chi connectivity index (χ1n) is 9.09. The fourth-order valence-corrected chi connectivity index (χ4v) is 3.64. The van der Waals surface area contributed by atoms with Crippen molar-refractivity contribution < 1.29 is 13.6 Å². The molecule has 1 unspecified atom stereocenters. The number of aryl methyl sites for hydroxylation is 1. The van der Waals surface area contributed by atoms with Crippen LogP contribution in [0.3, 0.4) is 0 Å². The fourth-order valence-electron chi connectivity index (χ4n) is 3.46. The zero-order valence-corrected chi connectivity index (χ0v) is 16.0. The minimum absolute atomic E-state index is 0.311. The molecule has 1 fully saturated rings. The van der Waals surface area contributed by atoms with Crippen LogP contribution in [0.15, 0.2) is 42.5 Å². The molecule has 0 bridgehead atoms. The van der Waals surface area contributed by atoms with Crippen LogP contribution < -0.4 is 5.32 Å². The van der Waals surface area contributed by atoms with E-state index in [0.29, 0.717) is 13.0 Å². The van der Waals surface area contributed by atoms with E-state index >= 15 is 0 Å². The number of nitrogens with one attached hydrogen (secondary N) is 1. The number of amides is 1. The van der Waals surface area contributed by atoms with Crippen molar-refractivity contribution in [3.05, 3.63) is 58.6 Å². The third-order valence-electron chi connectivity index (χ3n) is 4.91.